The van der Waals surface area contributed by atoms with E-state index in [0.717, 1.165) is 6.07 Å². The highest BCUT2D eigenvalue weighted by atomic mass is 19.4. The van der Waals surface area contributed by atoms with Crippen LogP contribution in [0.4, 0.5) is 17.6 Å². The first kappa shape index (κ1) is 17.5. The molecule has 0 fully saturated rings. The van der Waals surface area contributed by atoms with Gasteiger partial charge in [0.1, 0.15) is 5.82 Å². The van der Waals surface area contributed by atoms with Gasteiger partial charge in [-0.25, -0.2) is 9.18 Å². The number of carbonyl (C=O) groups is 1. The van der Waals surface area contributed by atoms with Crippen LogP contribution in [0, 0.1) is 5.82 Å². The maximum absolute atomic E-state index is 14.1. The van der Waals surface area contributed by atoms with E-state index >= 15 is 0 Å². The van der Waals surface area contributed by atoms with Crippen molar-refractivity contribution in [3.05, 3.63) is 70.0 Å². The Morgan fingerprint density at radius 1 is 1.20 bits per heavy atom. The summed E-state index contributed by atoms with van der Waals surface area (Å²) in [7, 11) is 0. The zero-order valence-corrected chi connectivity index (χ0v) is 13.5. The molecule has 0 N–H and O–H groups in total. The molecule has 0 bridgehead atoms. The molecule has 3 rings (SSSR count). The minimum absolute atomic E-state index is 0.0930. The molecular formula is C19H16F4O2. The normalized spacial score (nSPS) is 16.6. The summed E-state index contributed by atoms with van der Waals surface area (Å²) in [6.45, 7) is 1.70. The summed E-state index contributed by atoms with van der Waals surface area (Å²) in [6.07, 6.45) is -3.57. The maximum Gasteiger partial charge on any atom is 0.416 e. The lowest BCUT2D eigenvalue weighted by Crippen LogP contribution is -2.13. The number of esters is 1. The topological polar surface area (TPSA) is 26.3 Å². The van der Waals surface area contributed by atoms with Crippen LogP contribution < -0.4 is 0 Å². The zero-order valence-electron chi connectivity index (χ0n) is 13.5. The third kappa shape index (κ3) is 3.25. The number of fused-ring (bicyclic) bond motifs is 1. The predicted octanol–water partition coefficient (Wildman–Crippen LogP) is 5.10. The molecule has 0 spiro atoms. The number of rotatable bonds is 3. The second-order valence-corrected chi connectivity index (χ2v) is 5.93. The SMILES string of the molecule is CCOC(=O)c1cc2c(cc1F)CCC2c1ccccc1C(F)(F)F. The molecule has 0 radical (unpaired) electrons. The van der Waals surface area contributed by atoms with Crippen LogP contribution in [0.5, 0.6) is 0 Å². The fourth-order valence-corrected chi connectivity index (χ4v) is 3.37. The molecule has 2 aromatic rings. The summed E-state index contributed by atoms with van der Waals surface area (Å²) in [5.41, 5.74) is 0.399. The number of hydrogen-bond acceptors (Lipinski definition) is 2. The smallest absolute Gasteiger partial charge is 0.416 e. The van der Waals surface area contributed by atoms with Gasteiger partial charge in [0.15, 0.2) is 0 Å². The van der Waals surface area contributed by atoms with E-state index in [0.29, 0.717) is 24.0 Å². The van der Waals surface area contributed by atoms with E-state index in [1.807, 2.05) is 0 Å². The summed E-state index contributed by atoms with van der Waals surface area (Å²) in [5, 5.41) is 0. The number of alkyl halides is 3. The van der Waals surface area contributed by atoms with Crippen molar-refractivity contribution >= 4 is 5.97 Å². The van der Waals surface area contributed by atoms with Crippen LogP contribution in [0.25, 0.3) is 0 Å². The van der Waals surface area contributed by atoms with E-state index in [-0.39, 0.29) is 17.7 Å². The lowest BCUT2D eigenvalue weighted by molar-refractivity contribution is -0.138. The van der Waals surface area contributed by atoms with Crippen molar-refractivity contribution in [2.75, 3.05) is 6.61 Å². The van der Waals surface area contributed by atoms with E-state index in [4.69, 9.17) is 4.74 Å². The van der Waals surface area contributed by atoms with Gasteiger partial charge in [-0.2, -0.15) is 13.2 Å². The second kappa shape index (κ2) is 6.50. The van der Waals surface area contributed by atoms with E-state index in [2.05, 4.69) is 0 Å². The van der Waals surface area contributed by atoms with Crippen LogP contribution in [-0.2, 0) is 17.3 Å². The standard InChI is InChI=1S/C19H16F4O2/c1-2-25-18(24)15-10-14-11(9-17(15)20)7-8-12(14)13-5-3-4-6-16(13)19(21,22)23/h3-6,9-10,12H,2,7-8H2,1H3. The largest absolute Gasteiger partial charge is 0.462 e. The molecule has 1 atom stereocenters. The number of carbonyl (C=O) groups excluding carboxylic acids is 1. The van der Waals surface area contributed by atoms with Crippen molar-refractivity contribution in [3.8, 4) is 0 Å². The minimum atomic E-state index is -4.47. The summed E-state index contributed by atoms with van der Waals surface area (Å²) < 4.78 is 58.9. The summed E-state index contributed by atoms with van der Waals surface area (Å²) in [5.74, 6) is -2.04. The first-order chi connectivity index (χ1) is 11.8. The van der Waals surface area contributed by atoms with Crippen molar-refractivity contribution in [1.29, 1.82) is 0 Å². The number of hydrogen-bond donors (Lipinski definition) is 0. The van der Waals surface area contributed by atoms with Gasteiger partial charge in [-0.05, 0) is 54.7 Å². The van der Waals surface area contributed by atoms with Gasteiger partial charge in [0.2, 0.25) is 0 Å². The van der Waals surface area contributed by atoms with Gasteiger partial charge in [0, 0.05) is 5.92 Å². The van der Waals surface area contributed by atoms with Gasteiger partial charge in [0.05, 0.1) is 17.7 Å². The van der Waals surface area contributed by atoms with E-state index in [9.17, 15) is 22.4 Å². The lowest BCUT2D eigenvalue weighted by Gasteiger charge is -2.19. The number of benzene rings is 2. The Kier molecular flexibility index (Phi) is 4.54. The van der Waals surface area contributed by atoms with E-state index in [1.165, 1.54) is 24.3 Å². The van der Waals surface area contributed by atoms with Gasteiger partial charge in [0.25, 0.3) is 0 Å². The molecule has 0 amide bonds. The van der Waals surface area contributed by atoms with Crippen LogP contribution in [0.15, 0.2) is 36.4 Å². The Labute approximate surface area is 142 Å². The monoisotopic (exact) mass is 352 g/mol. The van der Waals surface area contributed by atoms with Crippen LogP contribution in [0.3, 0.4) is 0 Å². The Morgan fingerprint density at radius 3 is 2.60 bits per heavy atom. The highest BCUT2D eigenvalue weighted by Crippen LogP contribution is 2.44. The third-order valence-electron chi connectivity index (χ3n) is 4.44. The number of halogens is 4. The molecule has 1 unspecified atom stereocenters. The first-order valence-corrected chi connectivity index (χ1v) is 7.98. The Hall–Kier alpha value is -2.37. The fraction of sp³-hybridized carbons (Fsp3) is 0.316. The van der Waals surface area contributed by atoms with Crippen LogP contribution in [-0.4, -0.2) is 12.6 Å². The molecule has 0 aliphatic heterocycles. The first-order valence-electron chi connectivity index (χ1n) is 7.98. The van der Waals surface area contributed by atoms with Crippen molar-refractivity contribution in [2.24, 2.45) is 0 Å². The molecule has 1 aliphatic carbocycles. The molecule has 0 saturated heterocycles. The molecule has 132 valence electrons. The average molecular weight is 352 g/mol. The highest BCUT2D eigenvalue weighted by molar-refractivity contribution is 5.90. The Morgan fingerprint density at radius 2 is 1.92 bits per heavy atom. The third-order valence-corrected chi connectivity index (χ3v) is 4.44. The van der Waals surface area contributed by atoms with E-state index < -0.39 is 29.4 Å². The van der Waals surface area contributed by atoms with Crippen LogP contribution in [0.1, 0.15) is 51.9 Å². The molecule has 0 saturated carbocycles. The molecule has 25 heavy (non-hydrogen) atoms. The zero-order chi connectivity index (χ0) is 18.2. The lowest BCUT2D eigenvalue weighted by atomic mass is 9.88. The van der Waals surface area contributed by atoms with Gasteiger partial charge < -0.3 is 4.74 Å². The summed E-state index contributed by atoms with van der Waals surface area (Å²) in [6, 6.07) is 7.96. The molecule has 0 aromatic heterocycles. The Bertz CT molecular complexity index is 812. The van der Waals surface area contributed by atoms with Gasteiger partial charge in [-0.15, -0.1) is 0 Å². The van der Waals surface area contributed by atoms with Gasteiger partial charge in [-0.3, -0.25) is 0 Å². The fourth-order valence-electron chi connectivity index (χ4n) is 3.37. The van der Waals surface area contributed by atoms with Gasteiger partial charge >= 0.3 is 12.1 Å². The van der Waals surface area contributed by atoms with Crippen molar-refractivity contribution < 1.29 is 27.1 Å². The summed E-state index contributed by atoms with van der Waals surface area (Å²) in [4.78, 5) is 11.9. The Balaban J connectivity index is 2.08. The maximum atomic E-state index is 14.1. The van der Waals surface area contributed by atoms with Crippen molar-refractivity contribution in [1.82, 2.24) is 0 Å². The highest BCUT2D eigenvalue weighted by Gasteiger charge is 2.37. The van der Waals surface area contributed by atoms with Crippen LogP contribution in [0.2, 0.25) is 0 Å². The van der Waals surface area contributed by atoms with Crippen molar-refractivity contribution in [3.63, 3.8) is 0 Å². The quantitative estimate of drug-likeness (QED) is 0.567. The average Bonchev–Trinajstić information content (AvgIpc) is 2.96. The van der Waals surface area contributed by atoms with E-state index in [1.54, 1.807) is 13.0 Å². The predicted molar refractivity (Wildman–Crippen MR) is 84.0 cm³/mol. The molecule has 0 heterocycles. The van der Waals surface area contributed by atoms with Crippen LogP contribution >= 0.6 is 0 Å². The molecule has 6 heteroatoms. The molecule has 2 aromatic carbocycles. The minimum Gasteiger partial charge on any atom is -0.462 e. The molecule has 1 aliphatic rings. The summed E-state index contributed by atoms with van der Waals surface area (Å²) >= 11 is 0. The number of aryl methyl sites for hydroxylation is 1. The molecule has 2 nitrogen and oxygen atoms in total. The number of ether oxygens (including phenoxy) is 1. The second-order valence-electron chi connectivity index (χ2n) is 5.93. The van der Waals surface area contributed by atoms with Gasteiger partial charge in [-0.1, -0.05) is 18.2 Å². The molecular weight excluding hydrogens is 336 g/mol. The van der Waals surface area contributed by atoms with Crippen molar-refractivity contribution in [2.45, 2.75) is 31.9 Å².